The maximum Gasteiger partial charge on any atom is 0.358 e. The summed E-state index contributed by atoms with van der Waals surface area (Å²) in [5.74, 6) is -1.46. The van der Waals surface area contributed by atoms with Crippen LogP contribution < -0.4 is 5.32 Å². The van der Waals surface area contributed by atoms with Crippen molar-refractivity contribution in [3.05, 3.63) is 11.9 Å². The van der Waals surface area contributed by atoms with Crippen LogP contribution in [0.3, 0.4) is 0 Å². The Balaban J connectivity index is 2.47. The molecule has 8 nitrogen and oxygen atoms in total. The zero-order valence-corrected chi connectivity index (χ0v) is 9.58. The second-order valence-electron chi connectivity index (χ2n) is 3.53. The Morgan fingerprint density at radius 3 is 2.88 bits per heavy atom. The Morgan fingerprint density at radius 2 is 2.35 bits per heavy atom. The number of hydrogen-bond acceptors (Lipinski definition) is 5. The number of ether oxygens (including phenoxy) is 1. The largest absolute Gasteiger partial charge is 0.476 e. The molecular formula is C9H14N4O4. The van der Waals surface area contributed by atoms with Crippen LogP contribution in [-0.2, 0) is 16.1 Å². The molecule has 1 aromatic heterocycles. The van der Waals surface area contributed by atoms with E-state index in [1.54, 1.807) is 14.0 Å². The van der Waals surface area contributed by atoms with Crippen molar-refractivity contribution in [2.75, 3.05) is 13.7 Å². The average molecular weight is 242 g/mol. The maximum atomic E-state index is 11.5. The number of methoxy groups -OCH3 is 1. The number of aromatic carboxylic acids is 1. The summed E-state index contributed by atoms with van der Waals surface area (Å²) in [7, 11) is 1.54. The second kappa shape index (κ2) is 5.94. The van der Waals surface area contributed by atoms with Gasteiger partial charge in [-0.2, -0.15) is 0 Å². The number of carboxylic acids is 1. The van der Waals surface area contributed by atoms with Crippen molar-refractivity contribution in [2.45, 2.75) is 19.5 Å². The number of aromatic nitrogens is 3. The Morgan fingerprint density at radius 1 is 1.65 bits per heavy atom. The van der Waals surface area contributed by atoms with E-state index < -0.39 is 5.97 Å². The molecule has 0 aliphatic carbocycles. The Labute approximate surface area is 97.6 Å². The van der Waals surface area contributed by atoms with Crippen molar-refractivity contribution in [3.63, 3.8) is 0 Å². The molecule has 0 saturated carbocycles. The number of carbonyl (C=O) groups is 2. The Bertz CT molecular complexity index is 403. The van der Waals surface area contributed by atoms with E-state index in [0.717, 1.165) is 4.68 Å². The van der Waals surface area contributed by atoms with Crippen LogP contribution >= 0.6 is 0 Å². The summed E-state index contributed by atoms with van der Waals surface area (Å²) in [6, 6.07) is -0.116. The number of carbonyl (C=O) groups excluding carboxylic acids is 1. The molecule has 0 aliphatic heterocycles. The van der Waals surface area contributed by atoms with Gasteiger partial charge in [0.15, 0.2) is 5.69 Å². The summed E-state index contributed by atoms with van der Waals surface area (Å²) in [6.07, 6.45) is 1.20. The lowest BCUT2D eigenvalue weighted by Gasteiger charge is -2.12. The molecule has 17 heavy (non-hydrogen) atoms. The monoisotopic (exact) mass is 242 g/mol. The first-order valence-corrected chi connectivity index (χ1v) is 4.94. The quantitative estimate of drug-likeness (QED) is 0.671. The number of amides is 1. The zero-order valence-electron chi connectivity index (χ0n) is 9.58. The first kappa shape index (κ1) is 13.1. The van der Waals surface area contributed by atoms with Gasteiger partial charge >= 0.3 is 5.97 Å². The molecule has 1 unspecified atom stereocenters. The maximum absolute atomic E-state index is 11.5. The summed E-state index contributed by atoms with van der Waals surface area (Å²) in [6.45, 7) is 2.13. The van der Waals surface area contributed by atoms with Crippen LogP contribution in [0.5, 0.6) is 0 Å². The molecule has 0 bridgehead atoms. The average Bonchev–Trinajstić information content (AvgIpc) is 2.66. The predicted octanol–water partition coefficient (Wildman–Crippen LogP) is -0.873. The van der Waals surface area contributed by atoms with Crippen LogP contribution in [-0.4, -0.2) is 51.7 Å². The second-order valence-corrected chi connectivity index (χ2v) is 3.53. The number of nitrogens with one attached hydrogen (secondary N) is 1. The molecule has 1 atom stereocenters. The highest BCUT2D eigenvalue weighted by molar-refractivity contribution is 5.84. The van der Waals surface area contributed by atoms with E-state index in [1.165, 1.54) is 6.20 Å². The number of rotatable bonds is 6. The van der Waals surface area contributed by atoms with E-state index in [4.69, 9.17) is 9.84 Å². The van der Waals surface area contributed by atoms with Gasteiger partial charge in [-0.05, 0) is 6.92 Å². The van der Waals surface area contributed by atoms with E-state index in [2.05, 4.69) is 15.6 Å². The van der Waals surface area contributed by atoms with Crippen LogP contribution in [0.1, 0.15) is 17.4 Å². The van der Waals surface area contributed by atoms with Gasteiger partial charge in [-0.15, -0.1) is 5.10 Å². The summed E-state index contributed by atoms with van der Waals surface area (Å²) in [5.41, 5.74) is -0.192. The SMILES string of the molecule is COCC(C)NC(=O)Cn1cc(C(=O)O)nn1. The van der Waals surface area contributed by atoms with Crippen molar-refractivity contribution in [1.82, 2.24) is 20.3 Å². The van der Waals surface area contributed by atoms with Gasteiger partial charge in [-0.25, -0.2) is 9.48 Å². The minimum Gasteiger partial charge on any atom is -0.476 e. The van der Waals surface area contributed by atoms with Gasteiger partial charge in [-0.1, -0.05) is 5.21 Å². The molecule has 94 valence electrons. The van der Waals surface area contributed by atoms with Crippen LogP contribution in [0.4, 0.5) is 0 Å². The molecule has 0 aromatic carbocycles. The number of hydrogen-bond donors (Lipinski definition) is 2. The van der Waals surface area contributed by atoms with Crippen molar-refractivity contribution in [1.29, 1.82) is 0 Å². The van der Waals surface area contributed by atoms with Crippen molar-refractivity contribution < 1.29 is 19.4 Å². The van der Waals surface area contributed by atoms with Crippen LogP contribution in [0.15, 0.2) is 6.20 Å². The number of carboxylic acid groups (broad SMARTS) is 1. The molecule has 1 amide bonds. The highest BCUT2D eigenvalue weighted by Gasteiger charge is 2.12. The van der Waals surface area contributed by atoms with Crippen molar-refractivity contribution in [2.24, 2.45) is 0 Å². The summed E-state index contributed by atoms with van der Waals surface area (Å²) < 4.78 is 6.03. The highest BCUT2D eigenvalue weighted by atomic mass is 16.5. The molecule has 2 N–H and O–H groups in total. The Kier molecular flexibility index (Phi) is 4.58. The molecule has 1 heterocycles. The third-order valence-electron chi connectivity index (χ3n) is 1.89. The highest BCUT2D eigenvalue weighted by Crippen LogP contribution is 1.93. The van der Waals surface area contributed by atoms with Gasteiger partial charge in [-0.3, -0.25) is 4.79 Å². The minimum atomic E-state index is -1.18. The van der Waals surface area contributed by atoms with Crippen molar-refractivity contribution in [3.8, 4) is 0 Å². The lowest BCUT2D eigenvalue weighted by atomic mass is 10.3. The van der Waals surface area contributed by atoms with Gasteiger partial charge in [0, 0.05) is 13.2 Å². The Hall–Kier alpha value is -1.96. The standard InChI is InChI=1S/C9H14N4O4/c1-6(5-17-2)10-8(14)4-13-3-7(9(15)16)11-12-13/h3,6H,4-5H2,1-2H3,(H,10,14)(H,15,16). The lowest BCUT2D eigenvalue weighted by molar-refractivity contribution is -0.122. The molecule has 8 heteroatoms. The van der Waals surface area contributed by atoms with Gasteiger partial charge in [0.2, 0.25) is 5.91 Å². The molecule has 1 aromatic rings. The molecule has 0 spiro atoms. The summed E-state index contributed by atoms with van der Waals surface area (Å²) in [5, 5.41) is 18.2. The molecule has 0 fully saturated rings. The lowest BCUT2D eigenvalue weighted by Crippen LogP contribution is -2.37. The summed E-state index contributed by atoms with van der Waals surface area (Å²) >= 11 is 0. The molecule has 1 rings (SSSR count). The van der Waals surface area contributed by atoms with Gasteiger partial charge < -0.3 is 15.2 Å². The zero-order chi connectivity index (χ0) is 12.8. The molecule has 0 radical (unpaired) electrons. The molecule has 0 saturated heterocycles. The first-order valence-electron chi connectivity index (χ1n) is 4.94. The van der Waals surface area contributed by atoms with E-state index in [1.807, 2.05) is 0 Å². The fraction of sp³-hybridized carbons (Fsp3) is 0.556. The minimum absolute atomic E-state index is 0.0751. The smallest absolute Gasteiger partial charge is 0.358 e. The van der Waals surface area contributed by atoms with E-state index in [9.17, 15) is 9.59 Å². The van der Waals surface area contributed by atoms with E-state index in [-0.39, 0.29) is 24.2 Å². The van der Waals surface area contributed by atoms with E-state index in [0.29, 0.717) is 6.61 Å². The van der Waals surface area contributed by atoms with Gasteiger partial charge in [0.1, 0.15) is 6.54 Å². The topological polar surface area (TPSA) is 106 Å². The van der Waals surface area contributed by atoms with Gasteiger partial charge in [0.05, 0.1) is 12.8 Å². The van der Waals surface area contributed by atoms with E-state index >= 15 is 0 Å². The van der Waals surface area contributed by atoms with Crippen LogP contribution in [0.2, 0.25) is 0 Å². The fourth-order valence-electron chi connectivity index (χ4n) is 1.23. The van der Waals surface area contributed by atoms with Crippen molar-refractivity contribution >= 4 is 11.9 Å². The fourth-order valence-corrected chi connectivity index (χ4v) is 1.23. The molecular weight excluding hydrogens is 228 g/mol. The van der Waals surface area contributed by atoms with Gasteiger partial charge in [0.25, 0.3) is 0 Å². The normalized spacial score (nSPS) is 12.1. The third-order valence-corrected chi connectivity index (χ3v) is 1.89. The van der Waals surface area contributed by atoms with Crippen LogP contribution in [0.25, 0.3) is 0 Å². The molecule has 0 aliphatic rings. The van der Waals surface area contributed by atoms with Crippen LogP contribution in [0, 0.1) is 0 Å². The third kappa shape index (κ3) is 4.19. The number of nitrogens with zero attached hydrogens (tertiary/aromatic N) is 3. The first-order chi connectivity index (χ1) is 8.02. The summed E-state index contributed by atoms with van der Waals surface area (Å²) in [4.78, 5) is 22.0. The predicted molar refractivity (Wildman–Crippen MR) is 56.5 cm³/mol.